The second-order valence-electron chi connectivity index (χ2n) is 6.35. The summed E-state index contributed by atoms with van der Waals surface area (Å²) in [6.07, 6.45) is 2.00. The molecule has 27 heavy (non-hydrogen) atoms. The van der Waals surface area contributed by atoms with Crippen molar-refractivity contribution in [2.24, 2.45) is 0 Å². The average molecular weight is 387 g/mol. The number of nitrogens with one attached hydrogen (secondary N) is 1. The Morgan fingerprint density at radius 2 is 2.07 bits per heavy atom. The van der Waals surface area contributed by atoms with Gasteiger partial charge in [-0.1, -0.05) is 11.6 Å². The van der Waals surface area contributed by atoms with E-state index in [0.717, 1.165) is 12.8 Å². The second-order valence-corrected chi connectivity index (χ2v) is 6.73. The number of halogens is 1. The van der Waals surface area contributed by atoms with E-state index in [1.165, 1.54) is 7.11 Å². The van der Waals surface area contributed by atoms with Crippen LogP contribution in [0, 0.1) is 11.3 Å². The number of carbonyl (C=O) groups is 1. The fraction of sp³-hybridized carbons (Fsp3) is 0.368. The number of aromatic nitrogens is 2. The van der Waals surface area contributed by atoms with E-state index >= 15 is 0 Å². The first-order chi connectivity index (χ1) is 13.0. The molecule has 2 aromatic rings. The smallest absolute Gasteiger partial charge is 0.358 e. The number of nitriles is 1. The van der Waals surface area contributed by atoms with Crippen molar-refractivity contribution in [1.29, 1.82) is 5.26 Å². The van der Waals surface area contributed by atoms with E-state index in [2.05, 4.69) is 21.4 Å². The van der Waals surface area contributed by atoms with Crippen molar-refractivity contribution in [1.82, 2.24) is 9.97 Å². The largest absolute Gasteiger partial charge is 0.491 e. The third-order valence-corrected chi connectivity index (χ3v) is 4.41. The number of benzene rings is 1. The van der Waals surface area contributed by atoms with Crippen LogP contribution in [0.15, 0.2) is 24.3 Å². The lowest BCUT2D eigenvalue weighted by Crippen LogP contribution is -2.25. The number of methoxy groups -OCH3 is 1. The van der Waals surface area contributed by atoms with Crippen LogP contribution in [0.3, 0.4) is 0 Å². The quantitative estimate of drug-likeness (QED) is 0.726. The van der Waals surface area contributed by atoms with Crippen LogP contribution in [0.2, 0.25) is 5.02 Å². The van der Waals surface area contributed by atoms with Gasteiger partial charge in [-0.15, -0.1) is 0 Å². The van der Waals surface area contributed by atoms with Gasteiger partial charge in [0, 0.05) is 5.92 Å². The van der Waals surface area contributed by atoms with Crippen LogP contribution in [-0.4, -0.2) is 35.7 Å². The minimum Gasteiger partial charge on any atom is -0.491 e. The normalized spacial score (nSPS) is 14.1. The summed E-state index contributed by atoms with van der Waals surface area (Å²) in [6, 6.07) is 8.79. The maximum atomic E-state index is 12.0. The summed E-state index contributed by atoms with van der Waals surface area (Å²) in [5, 5.41) is 12.1. The van der Waals surface area contributed by atoms with Gasteiger partial charge in [-0.05, 0) is 44.0 Å². The summed E-state index contributed by atoms with van der Waals surface area (Å²) < 4.78 is 10.5. The van der Waals surface area contributed by atoms with Crippen LogP contribution >= 0.6 is 11.6 Å². The molecule has 0 spiro atoms. The van der Waals surface area contributed by atoms with Gasteiger partial charge in [0.05, 0.1) is 24.8 Å². The van der Waals surface area contributed by atoms with E-state index in [0.29, 0.717) is 29.6 Å². The predicted molar refractivity (Wildman–Crippen MR) is 100 cm³/mol. The van der Waals surface area contributed by atoms with Crippen molar-refractivity contribution in [2.45, 2.75) is 31.7 Å². The molecule has 8 heteroatoms. The topological polar surface area (TPSA) is 97.1 Å². The molecule has 7 nitrogen and oxygen atoms in total. The van der Waals surface area contributed by atoms with Crippen LogP contribution in [0.25, 0.3) is 0 Å². The molecule has 0 radical (unpaired) electrons. The Morgan fingerprint density at radius 1 is 1.37 bits per heavy atom. The average Bonchev–Trinajstić information content (AvgIpc) is 3.53. The second kappa shape index (κ2) is 8.23. The molecule has 1 N–H and O–H groups in total. The first kappa shape index (κ1) is 18.9. The molecule has 1 atom stereocenters. The molecule has 3 rings (SSSR count). The molecule has 1 aromatic carbocycles. The van der Waals surface area contributed by atoms with Gasteiger partial charge in [0.2, 0.25) is 0 Å². The fourth-order valence-electron chi connectivity index (χ4n) is 2.44. The first-order valence-electron chi connectivity index (χ1n) is 8.57. The van der Waals surface area contributed by atoms with Gasteiger partial charge in [-0.2, -0.15) is 5.26 Å². The minimum absolute atomic E-state index is 0.0683. The number of nitrogens with zero attached hydrogens (tertiary/aromatic N) is 3. The van der Waals surface area contributed by atoms with Crippen molar-refractivity contribution in [2.75, 3.05) is 19.0 Å². The van der Waals surface area contributed by atoms with Gasteiger partial charge in [-0.3, -0.25) is 0 Å². The molecule has 1 aliphatic rings. The monoisotopic (exact) mass is 386 g/mol. The lowest BCUT2D eigenvalue weighted by molar-refractivity contribution is 0.0593. The van der Waals surface area contributed by atoms with E-state index < -0.39 is 5.97 Å². The summed E-state index contributed by atoms with van der Waals surface area (Å²) in [4.78, 5) is 20.7. The Hall–Kier alpha value is -2.85. The maximum Gasteiger partial charge on any atom is 0.358 e. The number of rotatable bonds is 7. The summed E-state index contributed by atoms with van der Waals surface area (Å²) in [6.45, 7) is 2.26. The standard InChI is InChI=1S/C19H19ClN4O3/c1-11(10-27-14-7-3-12(9-21)4-8-14)22-18-15(20)16(19(25)26-2)23-17(24-18)13-5-6-13/h3-4,7-8,11,13H,5-6,10H2,1-2H3,(H,22,23,24). The fourth-order valence-corrected chi connectivity index (χ4v) is 2.65. The SMILES string of the molecule is COC(=O)c1nc(C2CC2)nc(NC(C)COc2ccc(C#N)cc2)c1Cl. The molecule has 1 saturated carbocycles. The summed E-state index contributed by atoms with van der Waals surface area (Å²) in [5.41, 5.74) is 0.642. The zero-order valence-corrected chi connectivity index (χ0v) is 15.8. The highest BCUT2D eigenvalue weighted by Crippen LogP contribution is 2.39. The molecular weight excluding hydrogens is 368 g/mol. The van der Waals surface area contributed by atoms with Crippen molar-refractivity contribution >= 4 is 23.4 Å². The van der Waals surface area contributed by atoms with Crippen LogP contribution in [0.4, 0.5) is 5.82 Å². The van der Waals surface area contributed by atoms with Gasteiger partial charge in [-0.25, -0.2) is 14.8 Å². The van der Waals surface area contributed by atoms with Crippen LogP contribution in [-0.2, 0) is 4.74 Å². The number of hydrogen-bond acceptors (Lipinski definition) is 7. The van der Waals surface area contributed by atoms with Crippen molar-refractivity contribution in [3.63, 3.8) is 0 Å². The van der Waals surface area contributed by atoms with Crippen molar-refractivity contribution < 1.29 is 14.3 Å². The van der Waals surface area contributed by atoms with Crippen molar-refractivity contribution in [3.05, 3.63) is 46.4 Å². The minimum atomic E-state index is -0.589. The Bertz CT molecular complexity index is 876. The lowest BCUT2D eigenvalue weighted by atomic mass is 10.2. The highest BCUT2D eigenvalue weighted by molar-refractivity contribution is 6.35. The molecule has 1 fully saturated rings. The molecule has 1 unspecified atom stereocenters. The molecule has 0 amide bonds. The maximum absolute atomic E-state index is 12.0. The van der Waals surface area contributed by atoms with Gasteiger partial charge in [0.15, 0.2) is 5.69 Å². The van der Waals surface area contributed by atoms with Gasteiger partial charge < -0.3 is 14.8 Å². The lowest BCUT2D eigenvalue weighted by Gasteiger charge is -2.18. The number of ether oxygens (including phenoxy) is 2. The number of carbonyl (C=O) groups excluding carboxylic acids is 1. The summed E-state index contributed by atoms with van der Waals surface area (Å²) in [7, 11) is 1.29. The van der Waals surface area contributed by atoms with Gasteiger partial charge >= 0.3 is 5.97 Å². The zero-order valence-electron chi connectivity index (χ0n) is 15.0. The van der Waals surface area contributed by atoms with E-state index in [1.54, 1.807) is 24.3 Å². The van der Waals surface area contributed by atoms with Crippen LogP contribution in [0.1, 0.15) is 47.6 Å². The third kappa shape index (κ3) is 4.66. The Kier molecular flexibility index (Phi) is 5.77. The first-order valence-corrected chi connectivity index (χ1v) is 8.95. The molecule has 1 aliphatic carbocycles. The van der Waals surface area contributed by atoms with E-state index in [9.17, 15) is 4.79 Å². The highest BCUT2D eigenvalue weighted by Gasteiger charge is 2.30. The number of hydrogen-bond donors (Lipinski definition) is 1. The van der Waals surface area contributed by atoms with E-state index in [-0.39, 0.29) is 22.7 Å². The van der Waals surface area contributed by atoms with Gasteiger partial charge in [0.25, 0.3) is 0 Å². The summed E-state index contributed by atoms with van der Waals surface area (Å²) >= 11 is 6.31. The van der Waals surface area contributed by atoms with Crippen LogP contribution in [0.5, 0.6) is 5.75 Å². The predicted octanol–water partition coefficient (Wildman–Crippen LogP) is 3.55. The number of esters is 1. The molecule has 0 saturated heterocycles. The highest BCUT2D eigenvalue weighted by atomic mass is 35.5. The van der Waals surface area contributed by atoms with E-state index in [1.807, 2.05) is 6.92 Å². The summed E-state index contributed by atoms with van der Waals surface area (Å²) in [5.74, 6) is 1.32. The Labute approximate surface area is 162 Å². The van der Waals surface area contributed by atoms with E-state index in [4.69, 9.17) is 26.3 Å². The molecular formula is C19H19ClN4O3. The molecule has 140 valence electrons. The third-order valence-electron chi connectivity index (χ3n) is 4.06. The molecule has 0 bridgehead atoms. The Morgan fingerprint density at radius 3 is 2.67 bits per heavy atom. The zero-order chi connectivity index (χ0) is 19.4. The Balaban J connectivity index is 1.70. The molecule has 0 aliphatic heterocycles. The van der Waals surface area contributed by atoms with Gasteiger partial charge in [0.1, 0.15) is 29.0 Å². The van der Waals surface area contributed by atoms with Crippen molar-refractivity contribution in [3.8, 4) is 11.8 Å². The molecule has 1 heterocycles. The molecule has 1 aromatic heterocycles. The number of anilines is 1. The van der Waals surface area contributed by atoms with Crippen LogP contribution < -0.4 is 10.1 Å².